The third kappa shape index (κ3) is 5.43. The van der Waals surface area contributed by atoms with Crippen LogP contribution in [0.2, 0.25) is 0 Å². The van der Waals surface area contributed by atoms with E-state index in [1.54, 1.807) is 12.1 Å². The number of benzene rings is 1. The van der Waals surface area contributed by atoms with Crippen LogP contribution in [0.3, 0.4) is 0 Å². The first-order valence-electron chi connectivity index (χ1n) is 9.74. The van der Waals surface area contributed by atoms with Crippen molar-refractivity contribution in [3.05, 3.63) is 45.8 Å². The molecule has 0 radical (unpaired) electrons. The fraction of sp³-hybridized carbons (Fsp3) is 0.318. The zero-order valence-corrected chi connectivity index (χ0v) is 18.1. The Morgan fingerprint density at radius 3 is 2.84 bits per heavy atom. The molecule has 1 aromatic carbocycles. The fourth-order valence-electron chi connectivity index (χ4n) is 3.41. The van der Waals surface area contributed by atoms with Gasteiger partial charge in [0.15, 0.2) is 18.1 Å². The van der Waals surface area contributed by atoms with E-state index in [1.807, 2.05) is 0 Å². The molecule has 1 atom stereocenters. The van der Waals surface area contributed by atoms with E-state index in [4.69, 9.17) is 15.2 Å². The lowest BCUT2D eigenvalue weighted by Gasteiger charge is -2.18. The lowest BCUT2D eigenvalue weighted by atomic mass is 9.88. The van der Waals surface area contributed by atoms with Gasteiger partial charge < -0.3 is 25.6 Å². The van der Waals surface area contributed by atoms with Crippen molar-refractivity contribution in [3.8, 4) is 11.5 Å². The number of hydrogen-bond donors (Lipinski definition) is 3. The normalized spacial score (nSPS) is 15.4. The van der Waals surface area contributed by atoms with Gasteiger partial charge in [0.25, 0.3) is 11.8 Å². The number of carbonyl (C=O) groups excluding carboxylic acids is 3. The largest absolute Gasteiger partial charge is 0.504 e. The third-order valence-electron chi connectivity index (χ3n) is 4.97. The summed E-state index contributed by atoms with van der Waals surface area (Å²) in [4.78, 5) is 37.2. The standard InChI is InChI=1S/C22H24N2O6S/c1-12-3-6-14-17(9-12)31-22(20(14)21(23)28)24-18(26)11-30-19(27)8-5-13-4-7-15(25)16(10-13)29-2/h4-5,7-8,10,12,25H,3,6,9,11H2,1-2H3,(H2,23,28)(H,24,26)/b8-5+. The van der Waals surface area contributed by atoms with Crippen LogP contribution in [0.25, 0.3) is 6.08 Å². The summed E-state index contributed by atoms with van der Waals surface area (Å²) in [5.74, 6) is -1.07. The van der Waals surface area contributed by atoms with Gasteiger partial charge in [0.05, 0.1) is 12.7 Å². The van der Waals surface area contributed by atoms with Gasteiger partial charge in [0, 0.05) is 11.0 Å². The van der Waals surface area contributed by atoms with Gasteiger partial charge >= 0.3 is 5.97 Å². The molecule has 31 heavy (non-hydrogen) atoms. The van der Waals surface area contributed by atoms with E-state index >= 15 is 0 Å². The Hall–Kier alpha value is -3.33. The van der Waals surface area contributed by atoms with Crippen LogP contribution in [-0.2, 0) is 27.2 Å². The van der Waals surface area contributed by atoms with Crippen molar-refractivity contribution in [1.82, 2.24) is 0 Å². The van der Waals surface area contributed by atoms with E-state index in [2.05, 4.69) is 12.2 Å². The van der Waals surface area contributed by atoms with Crippen LogP contribution >= 0.6 is 11.3 Å². The van der Waals surface area contributed by atoms with E-state index in [9.17, 15) is 19.5 Å². The first-order valence-corrected chi connectivity index (χ1v) is 10.6. The number of aromatic hydroxyl groups is 1. The van der Waals surface area contributed by atoms with Gasteiger partial charge in [-0.2, -0.15) is 0 Å². The topological polar surface area (TPSA) is 128 Å². The fourth-order valence-corrected chi connectivity index (χ4v) is 4.84. The summed E-state index contributed by atoms with van der Waals surface area (Å²) >= 11 is 1.35. The predicted molar refractivity (Wildman–Crippen MR) is 117 cm³/mol. The number of amides is 2. The van der Waals surface area contributed by atoms with Gasteiger partial charge in [-0.05, 0) is 54.5 Å². The lowest BCUT2D eigenvalue weighted by Crippen LogP contribution is -2.22. The molecule has 0 bridgehead atoms. The number of ether oxygens (including phenoxy) is 2. The number of rotatable bonds is 7. The van der Waals surface area contributed by atoms with Crippen molar-refractivity contribution in [1.29, 1.82) is 0 Å². The maximum Gasteiger partial charge on any atom is 0.331 e. The summed E-state index contributed by atoms with van der Waals surface area (Å²) in [6, 6.07) is 4.59. The number of fused-ring (bicyclic) bond motifs is 1. The molecule has 0 aliphatic heterocycles. The minimum Gasteiger partial charge on any atom is -0.504 e. The quantitative estimate of drug-likeness (QED) is 0.445. The van der Waals surface area contributed by atoms with Crippen LogP contribution in [0.5, 0.6) is 11.5 Å². The highest BCUT2D eigenvalue weighted by atomic mass is 32.1. The van der Waals surface area contributed by atoms with E-state index < -0.39 is 24.4 Å². The number of anilines is 1. The Balaban J connectivity index is 1.59. The molecule has 0 fully saturated rings. The predicted octanol–water partition coefficient (Wildman–Crippen LogP) is 2.88. The molecule has 164 valence electrons. The van der Waals surface area contributed by atoms with Crippen LogP contribution in [0.1, 0.15) is 39.7 Å². The van der Waals surface area contributed by atoms with Crippen LogP contribution in [0.15, 0.2) is 24.3 Å². The summed E-state index contributed by atoms with van der Waals surface area (Å²) in [6.07, 6.45) is 5.20. The smallest absolute Gasteiger partial charge is 0.331 e. The molecule has 1 aromatic heterocycles. The molecule has 0 saturated heterocycles. The highest BCUT2D eigenvalue weighted by Crippen LogP contribution is 2.39. The average molecular weight is 445 g/mol. The van der Waals surface area contributed by atoms with E-state index in [-0.39, 0.29) is 11.5 Å². The number of primary amides is 1. The minimum atomic E-state index is -0.711. The number of thiophene rings is 1. The summed E-state index contributed by atoms with van der Waals surface area (Å²) in [7, 11) is 1.42. The Bertz CT molecular complexity index is 1040. The maximum atomic E-state index is 12.3. The molecule has 0 spiro atoms. The average Bonchev–Trinajstić information content (AvgIpc) is 3.08. The zero-order valence-electron chi connectivity index (χ0n) is 17.3. The Kier molecular flexibility index (Phi) is 6.96. The molecule has 3 rings (SSSR count). The second-order valence-electron chi connectivity index (χ2n) is 7.34. The first kappa shape index (κ1) is 22.4. The van der Waals surface area contributed by atoms with E-state index in [1.165, 1.54) is 36.7 Å². The zero-order chi connectivity index (χ0) is 22.5. The van der Waals surface area contributed by atoms with Gasteiger partial charge in [0.1, 0.15) is 5.00 Å². The SMILES string of the molecule is COc1cc(/C=C/C(=O)OCC(=O)Nc2sc3c(c2C(N)=O)CCC(C)C3)ccc1O. The van der Waals surface area contributed by atoms with Gasteiger partial charge in [-0.15, -0.1) is 11.3 Å². The molecular weight excluding hydrogens is 420 g/mol. The molecule has 1 heterocycles. The third-order valence-corrected chi connectivity index (χ3v) is 6.14. The molecule has 9 heteroatoms. The van der Waals surface area contributed by atoms with E-state index in [0.717, 1.165) is 29.7 Å². The van der Waals surface area contributed by atoms with Gasteiger partial charge in [-0.1, -0.05) is 13.0 Å². The Morgan fingerprint density at radius 1 is 1.35 bits per heavy atom. The minimum absolute atomic E-state index is 0.0149. The second kappa shape index (κ2) is 9.65. The van der Waals surface area contributed by atoms with Crippen LogP contribution in [0, 0.1) is 5.92 Å². The van der Waals surface area contributed by atoms with Crippen molar-refractivity contribution in [2.24, 2.45) is 11.7 Å². The number of phenols is 1. The van der Waals surface area contributed by atoms with Gasteiger partial charge in [0.2, 0.25) is 0 Å². The maximum absolute atomic E-state index is 12.3. The highest BCUT2D eigenvalue weighted by molar-refractivity contribution is 7.17. The van der Waals surface area contributed by atoms with Crippen LogP contribution in [0.4, 0.5) is 5.00 Å². The number of hydrogen-bond acceptors (Lipinski definition) is 7. The monoisotopic (exact) mass is 444 g/mol. The van der Waals surface area contributed by atoms with Crippen molar-refractivity contribution >= 4 is 40.2 Å². The Labute approximate surface area is 183 Å². The van der Waals surface area contributed by atoms with Crippen LogP contribution < -0.4 is 15.8 Å². The Morgan fingerprint density at radius 2 is 2.13 bits per heavy atom. The highest BCUT2D eigenvalue weighted by Gasteiger charge is 2.27. The second-order valence-corrected chi connectivity index (χ2v) is 8.45. The summed E-state index contributed by atoms with van der Waals surface area (Å²) in [6.45, 7) is 1.64. The van der Waals surface area contributed by atoms with Gasteiger partial charge in [-0.25, -0.2) is 4.79 Å². The summed E-state index contributed by atoms with van der Waals surface area (Å²) < 4.78 is 9.97. The van der Waals surface area contributed by atoms with Crippen molar-refractivity contribution in [2.45, 2.75) is 26.2 Å². The molecule has 2 aromatic rings. The number of nitrogens with one attached hydrogen (secondary N) is 1. The van der Waals surface area contributed by atoms with Gasteiger partial charge in [-0.3, -0.25) is 9.59 Å². The number of nitrogens with two attached hydrogens (primary N) is 1. The molecule has 0 saturated carbocycles. The molecule has 1 aliphatic carbocycles. The summed E-state index contributed by atoms with van der Waals surface area (Å²) in [5, 5.41) is 12.6. The number of esters is 1. The summed E-state index contributed by atoms with van der Waals surface area (Å²) in [5.41, 5.74) is 7.42. The number of phenolic OH excluding ortho intramolecular Hbond substituents is 1. The molecule has 1 unspecified atom stereocenters. The van der Waals surface area contributed by atoms with E-state index in [0.29, 0.717) is 22.0 Å². The van der Waals surface area contributed by atoms with Crippen LogP contribution in [-0.4, -0.2) is 36.6 Å². The first-order chi connectivity index (χ1) is 14.8. The molecule has 2 amide bonds. The lowest BCUT2D eigenvalue weighted by molar-refractivity contribution is -0.142. The van der Waals surface area contributed by atoms with Crippen molar-refractivity contribution in [2.75, 3.05) is 19.0 Å². The molecule has 4 N–H and O–H groups in total. The molecular formula is C22H24N2O6S. The molecule has 8 nitrogen and oxygen atoms in total. The van der Waals surface area contributed by atoms with Crippen molar-refractivity contribution < 1.29 is 29.0 Å². The number of methoxy groups -OCH3 is 1. The number of carbonyl (C=O) groups is 3. The van der Waals surface area contributed by atoms with Crippen molar-refractivity contribution in [3.63, 3.8) is 0 Å². The molecule has 1 aliphatic rings.